The summed E-state index contributed by atoms with van der Waals surface area (Å²) in [5.74, 6) is -0.560. The molecule has 0 bridgehead atoms. The number of ether oxygens (including phenoxy) is 3. The highest BCUT2D eigenvalue weighted by Gasteiger charge is 2.23. The van der Waals surface area contributed by atoms with Crippen molar-refractivity contribution in [1.29, 1.82) is 0 Å². The summed E-state index contributed by atoms with van der Waals surface area (Å²) < 4.78 is 15.9. The average molecular weight is 547 g/mol. The summed E-state index contributed by atoms with van der Waals surface area (Å²) in [7, 11) is 0. The third-order valence-electron chi connectivity index (χ3n) is 6.14. The molecule has 2 N–H and O–H groups in total. The highest BCUT2D eigenvalue weighted by molar-refractivity contribution is 5.81. The molecule has 0 spiro atoms. The van der Waals surface area contributed by atoms with Crippen molar-refractivity contribution in [3.63, 3.8) is 0 Å². The molecular formula is C32H38N2O6. The zero-order chi connectivity index (χ0) is 28.3. The van der Waals surface area contributed by atoms with E-state index in [1.54, 1.807) is 0 Å². The molecule has 0 aliphatic rings. The lowest BCUT2D eigenvalue weighted by molar-refractivity contribution is -0.147. The quantitative estimate of drug-likeness (QED) is 0.131. The predicted molar refractivity (Wildman–Crippen MR) is 152 cm³/mol. The lowest BCUT2D eigenvalue weighted by Crippen LogP contribution is -2.42. The van der Waals surface area contributed by atoms with Crippen LogP contribution in [0.2, 0.25) is 0 Å². The Bertz CT molecular complexity index is 1140. The van der Waals surface area contributed by atoms with Gasteiger partial charge >= 0.3 is 18.2 Å². The Morgan fingerprint density at radius 2 is 1.18 bits per heavy atom. The van der Waals surface area contributed by atoms with Gasteiger partial charge in [0.05, 0.1) is 6.61 Å². The lowest BCUT2D eigenvalue weighted by atomic mass is 10.1. The van der Waals surface area contributed by atoms with Crippen molar-refractivity contribution in [3.8, 4) is 0 Å². The van der Waals surface area contributed by atoms with Gasteiger partial charge in [0, 0.05) is 6.54 Å². The zero-order valence-corrected chi connectivity index (χ0v) is 22.8. The van der Waals surface area contributed by atoms with E-state index in [9.17, 15) is 14.4 Å². The van der Waals surface area contributed by atoms with Crippen LogP contribution in [0, 0.1) is 0 Å². The maximum atomic E-state index is 12.8. The molecule has 3 aromatic rings. The topological polar surface area (TPSA) is 103 Å². The van der Waals surface area contributed by atoms with Gasteiger partial charge in [-0.15, -0.1) is 0 Å². The number of aryl methyl sites for hydroxylation is 1. The smallest absolute Gasteiger partial charge is 0.407 e. The van der Waals surface area contributed by atoms with Crippen molar-refractivity contribution < 1.29 is 28.6 Å². The van der Waals surface area contributed by atoms with Gasteiger partial charge < -0.3 is 24.8 Å². The van der Waals surface area contributed by atoms with Crippen molar-refractivity contribution in [1.82, 2.24) is 10.6 Å². The fourth-order valence-corrected chi connectivity index (χ4v) is 3.95. The molecule has 0 fully saturated rings. The second kappa shape index (κ2) is 18.0. The number of nitrogens with one attached hydrogen (secondary N) is 2. The molecule has 1 unspecified atom stereocenters. The molecule has 0 saturated heterocycles. The van der Waals surface area contributed by atoms with Gasteiger partial charge in [-0.2, -0.15) is 0 Å². The Morgan fingerprint density at radius 3 is 1.80 bits per heavy atom. The van der Waals surface area contributed by atoms with Gasteiger partial charge in [0.15, 0.2) is 0 Å². The van der Waals surface area contributed by atoms with Gasteiger partial charge in [-0.05, 0) is 55.2 Å². The van der Waals surface area contributed by atoms with E-state index in [-0.39, 0.29) is 32.8 Å². The molecule has 0 saturated carbocycles. The standard InChI is InChI=1S/C32H38N2O6/c35-30(39-24-27-17-7-2-8-18-27)29(21-13-22-33-31(36)40-25-28-19-9-3-10-20-28)34-32(37)38-23-12-4-11-16-26-14-5-1-6-15-26/h1-3,5-10,14-15,17-20,29H,4,11-13,16,21-25H2,(H,33,36)(H,34,37). The summed E-state index contributed by atoms with van der Waals surface area (Å²) in [6.45, 7) is 0.800. The number of benzene rings is 3. The van der Waals surface area contributed by atoms with Crippen molar-refractivity contribution in [2.75, 3.05) is 13.2 Å². The number of amides is 2. The zero-order valence-electron chi connectivity index (χ0n) is 22.8. The van der Waals surface area contributed by atoms with Crippen LogP contribution >= 0.6 is 0 Å². The third kappa shape index (κ3) is 12.5. The average Bonchev–Trinajstić information content (AvgIpc) is 2.99. The number of carbonyl (C=O) groups is 3. The Labute approximate surface area is 236 Å². The van der Waals surface area contributed by atoms with Crippen molar-refractivity contribution in [3.05, 3.63) is 108 Å². The third-order valence-corrected chi connectivity index (χ3v) is 6.14. The van der Waals surface area contributed by atoms with Crippen LogP contribution in [0.1, 0.15) is 48.8 Å². The number of rotatable bonds is 16. The van der Waals surface area contributed by atoms with Gasteiger partial charge in [0.25, 0.3) is 0 Å². The molecule has 3 rings (SSSR count). The molecule has 0 aliphatic heterocycles. The molecule has 0 aromatic heterocycles. The summed E-state index contributed by atoms with van der Waals surface area (Å²) in [5, 5.41) is 5.29. The fourth-order valence-electron chi connectivity index (χ4n) is 3.95. The Hall–Kier alpha value is -4.33. The minimum absolute atomic E-state index is 0.0956. The molecule has 40 heavy (non-hydrogen) atoms. The first-order valence-corrected chi connectivity index (χ1v) is 13.7. The number of unbranched alkanes of at least 4 members (excludes halogenated alkanes) is 2. The van der Waals surface area contributed by atoms with Crippen molar-refractivity contribution in [2.24, 2.45) is 0 Å². The Morgan fingerprint density at radius 1 is 0.600 bits per heavy atom. The molecule has 2 amide bonds. The number of carbonyl (C=O) groups excluding carboxylic acids is 3. The van der Waals surface area contributed by atoms with E-state index in [0.29, 0.717) is 6.42 Å². The van der Waals surface area contributed by atoms with Gasteiger partial charge in [0.1, 0.15) is 19.3 Å². The normalized spacial score (nSPS) is 11.2. The van der Waals surface area contributed by atoms with Crippen LogP contribution in [-0.2, 0) is 38.6 Å². The van der Waals surface area contributed by atoms with Crippen LogP contribution < -0.4 is 10.6 Å². The molecule has 8 heteroatoms. The number of alkyl carbamates (subject to hydrolysis) is 2. The highest BCUT2D eigenvalue weighted by atomic mass is 16.6. The molecule has 0 radical (unpaired) electrons. The molecule has 3 aromatic carbocycles. The van der Waals surface area contributed by atoms with Crippen LogP contribution in [0.25, 0.3) is 0 Å². The fraction of sp³-hybridized carbons (Fsp3) is 0.344. The first-order valence-electron chi connectivity index (χ1n) is 13.7. The summed E-state index contributed by atoms with van der Waals surface area (Å²) in [6.07, 6.45) is 3.12. The van der Waals surface area contributed by atoms with Gasteiger partial charge in [-0.1, -0.05) is 91.0 Å². The van der Waals surface area contributed by atoms with Crippen LogP contribution in [-0.4, -0.2) is 37.3 Å². The summed E-state index contributed by atoms with van der Waals surface area (Å²) in [4.78, 5) is 37.2. The van der Waals surface area contributed by atoms with E-state index in [4.69, 9.17) is 14.2 Å². The Balaban J connectivity index is 1.37. The molecule has 212 valence electrons. The summed E-state index contributed by atoms with van der Waals surface area (Å²) >= 11 is 0. The monoisotopic (exact) mass is 546 g/mol. The Kier molecular flexibility index (Phi) is 13.6. The van der Waals surface area contributed by atoms with Crippen molar-refractivity contribution in [2.45, 2.75) is 57.8 Å². The molecule has 8 nitrogen and oxygen atoms in total. The number of hydrogen-bond donors (Lipinski definition) is 2. The van der Waals surface area contributed by atoms with Crippen LogP contribution in [0.5, 0.6) is 0 Å². The second-order valence-electron chi connectivity index (χ2n) is 9.35. The maximum absolute atomic E-state index is 12.8. The SMILES string of the molecule is O=C(NCCCC(NC(=O)OCCCCCc1ccccc1)C(=O)OCc1ccccc1)OCc1ccccc1. The number of hydrogen-bond acceptors (Lipinski definition) is 6. The van der Waals surface area contributed by atoms with Gasteiger partial charge in [0.2, 0.25) is 0 Å². The van der Waals surface area contributed by atoms with E-state index < -0.39 is 24.2 Å². The molecule has 0 aliphatic carbocycles. The molecular weight excluding hydrogens is 508 g/mol. The minimum atomic E-state index is -0.906. The number of esters is 1. The second-order valence-corrected chi connectivity index (χ2v) is 9.35. The van der Waals surface area contributed by atoms with Crippen LogP contribution in [0.3, 0.4) is 0 Å². The van der Waals surface area contributed by atoms with E-state index in [1.165, 1.54) is 5.56 Å². The van der Waals surface area contributed by atoms with Crippen LogP contribution in [0.4, 0.5) is 9.59 Å². The lowest BCUT2D eigenvalue weighted by Gasteiger charge is -2.18. The molecule has 1 atom stereocenters. The summed E-state index contributed by atoms with van der Waals surface area (Å²) in [5.41, 5.74) is 3.02. The van der Waals surface area contributed by atoms with E-state index >= 15 is 0 Å². The minimum Gasteiger partial charge on any atom is -0.459 e. The molecule has 0 heterocycles. The first kappa shape index (κ1) is 30.2. The largest absolute Gasteiger partial charge is 0.459 e. The van der Waals surface area contributed by atoms with Crippen LogP contribution in [0.15, 0.2) is 91.0 Å². The van der Waals surface area contributed by atoms with Gasteiger partial charge in [-0.25, -0.2) is 14.4 Å². The van der Waals surface area contributed by atoms with E-state index in [1.807, 2.05) is 78.9 Å². The van der Waals surface area contributed by atoms with E-state index in [2.05, 4.69) is 22.8 Å². The van der Waals surface area contributed by atoms with Gasteiger partial charge in [-0.3, -0.25) is 0 Å². The highest BCUT2D eigenvalue weighted by Crippen LogP contribution is 2.08. The first-order chi connectivity index (χ1) is 19.6. The summed E-state index contributed by atoms with van der Waals surface area (Å²) in [6, 6.07) is 28.0. The van der Waals surface area contributed by atoms with Crippen molar-refractivity contribution >= 4 is 18.2 Å². The maximum Gasteiger partial charge on any atom is 0.407 e. The van der Waals surface area contributed by atoms with E-state index in [0.717, 1.165) is 36.8 Å². The predicted octanol–water partition coefficient (Wildman–Crippen LogP) is 5.94.